The lowest BCUT2D eigenvalue weighted by molar-refractivity contribution is -0.120. The smallest absolute Gasteiger partial charge is 0.224 e. The van der Waals surface area contributed by atoms with Gasteiger partial charge in [-0.15, -0.1) is 0 Å². The Bertz CT molecular complexity index is 721. The normalized spacial score (nSPS) is 10.4. The molecule has 0 aliphatic rings. The number of hydrogen-bond donors (Lipinski definition) is 1. The average molecular weight is 292 g/mol. The summed E-state index contributed by atoms with van der Waals surface area (Å²) in [6.07, 6.45) is 9.14. The molecule has 0 aliphatic heterocycles. The number of imidazole rings is 1. The van der Waals surface area contributed by atoms with Crippen molar-refractivity contribution in [1.29, 1.82) is 0 Å². The zero-order chi connectivity index (χ0) is 15.2. The van der Waals surface area contributed by atoms with Crippen molar-refractivity contribution in [2.75, 3.05) is 0 Å². The topological polar surface area (TPSA) is 59.8 Å². The summed E-state index contributed by atoms with van der Waals surface area (Å²) in [6, 6.07) is 11.7. The predicted molar refractivity (Wildman–Crippen MR) is 83.4 cm³/mol. The van der Waals surface area contributed by atoms with E-state index in [1.54, 1.807) is 24.9 Å². The molecule has 0 saturated heterocycles. The van der Waals surface area contributed by atoms with Gasteiger partial charge in [0.15, 0.2) is 0 Å². The van der Waals surface area contributed by atoms with Gasteiger partial charge in [-0.05, 0) is 29.3 Å². The minimum atomic E-state index is -0.00770. The summed E-state index contributed by atoms with van der Waals surface area (Å²) in [7, 11) is 0. The van der Waals surface area contributed by atoms with Crippen LogP contribution in [0.25, 0.3) is 5.69 Å². The lowest BCUT2D eigenvalue weighted by Gasteiger charge is -2.07. The van der Waals surface area contributed by atoms with E-state index >= 15 is 0 Å². The highest BCUT2D eigenvalue weighted by Crippen LogP contribution is 2.09. The van der Waals surface area contributed by atoms with Crippen LogP contribution in [0.2, 0.25) is 0 Å². The number of aromatic nitrogens is 3. The molecule has 0 saturated carbocycles. The van der Waals surface area contributed by atoms with Gasteiger partial charge in [0.25, 0.3) is 0 Å². The van der Waals surface area contributed by atoms with E-state index in [1.807, 2.05) is 47.2 Å². The standard InChI is InChI=1S/C17H16N4O/c22-17(10-15-2-1-7-18-11-15)20-12-14-3-5-16(6-4-14)21-9-8-19-13-21/h1-9,11,13H,10,12H2,(H,20,22). The van der Waals surface area contributed by atoms with Crippen LogP contribution in [0.4, 0.5) is 0 Å². The predicted octanol–water partition coefficient (Wildman–Crippen LogP) is 2.13. The number of benzene rings is 1. The minimum Gasteiger partial charge on any atom is -0.352 e. The van der Waals surface area contributed by atoms with E-state index in [4.69, 9.17) is 0 Å². The Morgan fingerprint density at radius 2 is 1.91 bits per heavy atom. The molecule has 5 heteroatoms. The molecule has 0 atom stereocenters. The van der Waals surface area contributed by atoms with Gasteiger partial charge in [0.2, 0.25) is 5.91 Å². The highest BCUT2D eigenvalue weighted by Gasteiger charge is 2.03. The maximum absolute atomic E-state index is 11.9. The van der Waals surface area contributed by atoms with Gasteiger partial charge < -0.3 is 9.88 Å². The van der Waals surface area contributed by atoms with Crippen molar-refractivity contribution in [3.05, 3.63) is 78.6 Å². The molecule has 0 aliphatic carbocycles. The number of nitrogens with zero attached hydrogens (tertiary/aromatic N) is 3. The summed E-state index contributed by atoms with van der Waals surface area (Å²) < 4.78 is 1.94. The van der Waals surface area contributed by atoms with E-state index in [1.165, 1.54) is 0 Å². The van der Waals surface area contributed by atoms with Gasteiger partial charge in [-0.2, -0.15) is 0 Å². The summed E-state index contributed by atoms with van der Waals surface area (Å²) in [5.41, 5.74) is 3.02. The van der Waals surface area contributed by atoms with Gasteiger partial charge >= 0.3 is 0 Å². The van der Waals surface area contributed by atoms with Crippen molar-refractivity contribution in [1.82, 2.24) is 19.9 Å². The summed E-state index contributed by atoms with van der Waals surface area (Å²) in [5.74, 6) is -0.00770. The van der Waals surface area contributed by atoms with Crippen LogP contribution >= 0.6 is 0 Å². The third-order valence-electron chi connectivity index (χ3n) is 3.32. The van der Waals surface area contributed by atoms with Crippen LogP contribution in [0, 0.1) is 0 Å². The SMILES string of the molecule is O=C(Cc1cccnc1)NCc1ccc(-n2ccnc2)cc1. The van der Waals surface area contributed by atoms with Gasteiger partial charge in [-0.1, -0.05) is 18.2 Å². The second kappa shape index (κ2) is 6.67. The van der Waals surface area contributed by atoms with Crippen LogP contribution in [0.5, 0.6) is 0 Å². The number of nitrogens with one attached hydrogen (secondary N) is 1. The van der Waals surface area contributed by atoms with Crippen LogP contribution in [0.15, 0.2) is 67.5 Å². The lowest BCUT2D eigenvalue weighted by atomic mass is 10.2. The fourth-order valence-corrected chi connectivity index (χ4v) is 2.15. The quantitative estimate of drug-likeness (QED) is 0.783. The maximum atomic E-state index is 11.9. The number of carbonyl (C=O) groups is 1. The summed E-state index contributed by atoms with van der Waals surface area (Å²) in [6.45, 7) is 0.517. The number of rotatable bonds is 5. The Hall–Kier alpha value is -2.95. The first-order chi connectivity index (χ1) is 10.8. The van der Waals surface area contributed by atoms with Crippen molar-refractivity contribution in [3.63, 3.8) is 0 Å². The first-order valence-corrected chi connectivity index (χ1v) is 7.04. The maximum Gasteiger partial charge on any atom is 0.224 e. The molecule has 1 amide bonds. The van der Waals surface area contributed by atoms with Gasteiger partial charge in [-0.25, -0.2) is 4.98 Å². The van der Waals surface area contributed by atoms with Crippen LogP contribution in [-0.4, -0.2) is 20.4 Å². The Kier molecular flexibility index (Phi) is 4.25. The van der Waals surface area contributed by atoms with Crippen molar-refractivity contribution in [2.24, 2.45) is 0 Å². The second-order valence-corrected chi connectivity index (χ2v) is 4.95. The molecular formula is C17H16N4O. The highest BCUT2D eigenvalue weighted by molar-refractivity contribution is 5.78. The zero-order valence-electron chi connectivity index (χ0n) is 12.0. The van der Waals surface area contributed by atoms with E-state index in [9.17, 15) is 4.79 Å². The van der Waals surface area contributed by atoms with Crippen LogP contribution in [-0.2, 0) is 17.8 Å². The van der Waals surface area contributed by atoms with Gasteiger partial charge in [-0.3, -0.25) is 9.78 Å². The van der Waals surface area contributed by atoms with Crippen molar-refractivity contribution in [2.45, 2.75) is 13.0 Å². The summed E-state index contributed by atoms with van der Waals surface area (Å²) >= 11 is 0. The molecule has 3 aromatic rings. The molecule has 5 nitrogen and oxygen atoms in total. The minimum absolute atomic E-state index is 0.00770. The molecule has 0 fully saturated rings. The molecule has 0 bridgehead atoms. The summed E-state index contributed by atoms with van der Waals surface area (Å²) in [5, 5.41) is 2.92. The molecule has 0 unspecified atom stereocenters. The fourth-order valence-electron chi connectivity index (χ4n) is 2.15. The molecule has 1 aromatic carbocycles. The van der Waals surface area contributed by atoms with E-state index in [-0.39, 0.29) is 5.91 Å². The number of pyridine rings is 1. The molecule has 2 aromatic heterocycles. The van der Waals surface area contributed by atoms with Gasteiger partial charge in [0.05, 0.1) is 12.7 Å². The van der Waals surface area contributed by atoms with E-state index in [0.717, 1.165) is 16.8 Å². The Morgan fingerprint density at radius 1 is 1.05 bits per heavy atom. The third-order valence-corrected chi connectivity index (χ3v) is 3.32. The van der Waals surface area contributed by atoms with Crippen LogP contribution < -0.4 is 5.32 Å². The monoisotopic (exact) mass is 292 g/mol. The largest absolute Gasteiger partial charge is 0.352 e. The second-order valence-electron chi connectivity index (χ2n) is 4.95. The van der Waals surface area contributed by atoms with Gasteiger partial charge in [0, 0.05) is 37.0 Å². The molecule has 110 valence electrons. The number of amides is 1. The van der Waals surface area contributed by atoms with Crippen molar-refractivity contribution < 1.29 is 4.79 Å². The van der Waals surface area contributed by atoms with E-state index in [0.29, 0.717) is 13.0 Å². The van der Waals surface area contributed by atoms with Crippen LogP contribution in [0.1, 0.15) is 11.1 Å². The molecule has 1 N–H and O–H groups in total. The van der Waals surface area contributed by atoms with Crippen molar-refractivity contribution >= 4 is 5.91 Å². The lowest BCUT2D eigenvalue weighted by Crippen LogP contribution is -2.24. The van der Waals surface area contributed by atoms with E-state index in [2.05, 4.69) is 15.3 Å². The third kappa shape index (κ3) is 3.58. The van der Waals surface area contributed by atoms with Crippen molar-refractivity contribution in [3.8, 4) is 5.69 Å². The van der Waals surface area contributed by atoms with Crippen LogP contribution in [0.3, 0.4) is 0 Å². The molecule has 0 spiro atoms. The number of carbonyl (C=O) groups excluding carboxylic acids is 1. The average Bonchev–Trinajstić information content (AvgIpc) is 3.09. The summed E-state index contributed by atoms with van der Waals surface area (Å²) in [4.78, 5) is 19.9. The first kappa shape index (κ1) is 14.0. The molecule has 2 heterocycles. The molecule has 22 heavy (non-hydrogen) atoms. The Balaban J connectivity index is 1.54. The molecular weight excluding hydrogens is 276 g/mol. The fraction of sp³-hybridized carbons (Fsp3) is 0.118. The number of hydrogen-bond acceptors (Lipinski definition) is 3. The zero-order valence-corrected chi connectivity index (χ0v) is 12.0. The highest BCUT2D eigenvalue weighted by atomic mass is 16.1. The van der Waals surface area contributed by atoms with E-state index < -0.39 is 0 Å². The molecule has 0 radical (unpaired) electrons. The Morgan fingerprint density at radius 3 is 2.59 bits per heavy atom. The Labute approximate surface area is 128 Å². The molecule has 3 rings (SSSR count). The van der Waals surface area contributed by atoms with Gasteiger partial charge in [0.1, 0.15) is 0 Å². The first-order valence-electron chi connectivity index (χ1n) is 7.04.